The first-order valence-electron chi connectivity index (χ1n) is 7.21. The van der Waals surface area contributed by atoms with Gasteiger partial charge >= 0.3 is 0 Å². The van der Waals surface area contributed by atoms with Gasteiger partial charge in [0.15, 0.2) is 0 Å². The van der Waals surface area contributed by atoms with Gasteiger partial charge in [-0.3, -0.25) is 0 Å². The number of nitrogens with one attached hydrogen (secondary N) is 1. The maximum atomic E-state index is 13.9. The molecule has 0 radical (unpaired) electrons. The third-order valence-corrected chi connectivity index (χ3v) is 4.80. The summed E-state index contributed by atoms with van der Waals surface area (Å²) in [6.45, 7) is 7.50. The SMILES string of the molecule is CCCNC1CC(c2ccc(F)cc2F)C1(C)CC. The molecule has 0 spiro atoms. The molecule has 1 aromatic carbocycles. The summed E-state index contributed by atoms with van der Waals surface area (Å²) >= 11 is 0. The Bertz CT molecular complexity index is 446. The summed E-state index contributed by atoms with van der Waals surface area (Å²) in [6.07, 6.45) is 3.04. The minimum absolute atomic E-state index is 0.0633. The first-order valence-corrected chi connectivity index (χ1v) is 7.21. The summed E-state index contributed by atoms with van der Waals surface area (Å²) in [5, 5.41) is 3.54. The van der Waals surface area contributed by atoms with E-state index in [0.29, 0.717) is 11.6 Å². The normalized spacial score (nSPS) is 30.2. The van der Waals surface area contributed by atoms with Crippen molar-refractivity contribution in [1.82, 2.24) is 5.32 Å². The van der Waals surface area contributed by atoms with Gasteiger partial charge in [0.25, 0.3) is 0 Å². The van der Waals surface area contributed by atoms with Crippen LogP contribution in [-0.2, 0) is 0 Å². The molecule has 1 aliphatic rings. The van der Waals surface area contributed by atoms with Gasteiger partial charge in [-0.15, -0.1) is 0 Å². The smallest absolute Gasteiger partial charge is 0.129 e. The Morgan fingerprint density at radius 1 is 1.32 bits per heavy atom. The van der Waals surface area contributed by atoms with Crippen molar-refractivity contribution in [2.75, 3.05) is 6.54 Å². The molecule has 0 heterocycles. The monoisotopic (exact) mass is 267 g/mol. The lowest BCUT2D eigenvalue weighted by Gasteiger charge is -2.55. The standard InChI is InChI=1S/C16H23F2N/c1-4-8-19-15-10-13(16(15,3)5-2)12-7-6-11(17)9-14(12)18/h6-7,9,13,15,19H,4-5,8,10H2,1-3H3. The molecule has 0 saturated heterocycles. The van der Waals surface area contributed by atoms with Crippen molar-refractivity contribution < 1.29 is 8.78 Å². The molecular weight excluding hydrogens is 244 g/mol. The highest BCUT2D eigenvalue weighted by Crippen LogP contribution is 2.55. The molecule has 0 aliphatic heterocycles. The topological polar surface area (TPSA) is 12.0 Å². The molecule has 3 heteroatoms. The van der Waals surface area contributed by atoms with Gasteiger partial charge in [0.05, 0.1) is 0 Å². The molecule has 1 nitrogen and oxygen atoms in total. The Morgan fingerprint density at radius 2 is 2.05 bits per heavy atom. The van der Waals surface area contributed by atoms with E-state index in [4.69, 9.17) is 0 Å². The Hall–Kier alpha value is -0.960. The van der Waals surface area contributed by atoms with Gasteiger partial charge < -0.3 is 5.32 Å². The van der Waals surface area contributed by atoms with E-state index in [1.807, 2.05) is 0 Å². The van der Waals surface area contributed by atoms with Crippen molar-refractivity contribution >= 4 is 0 Å². The second-order valence-corrected chi connectivity index (χ2v) is 5.82. The Morgan fingerprint density at radius 3 is 2.63 bits per heavy atom. The highest BCUT2D eigenvalue weighted by molar-refractivity contribution is 5.29. The number of halogens is 2. The van der Waals surface area contributed by atoms with Crippen molar-refractivity contribution in [1.29, 1.82) is 0 Å². The molecule has 106 valence electrons. The fraction of sp³-hybridized carbons (Fsp3) is 0.625. The van der Waals surface area contributed by atoms with Crippen molar-refractivity contribution in [3.63, 3.8) is 0 Å². The van der Waals surface area contributed by atoms with Gasteiger partial charge in [0.2, 0.25) is 0 Å². The fourth-order valence-corrected chi connectivity index (χ4v) is 3.25. The van der Waals surface area contributed by atoms with Gasteiger partial charge in [-0.05, 0) is 48.8 Å². The van der Waals surface area contributed by atoms with Crippen LogP contribution in [0.3, 0.4) is 0 Å². The first-order chi connectivity index (χ1) is 9.02. The predicted octanol–water partition coefficient (Wildman–Crippen LogP) is 4.24. The molecule has 1 fully saturated rings. The van der Waals surface area contributed by atoms with Crippen molar-refractivity contribution in [3.8, 4) is 0 Å². The lowest BCUT2D eigenvalue weighted by Crippen LogP contribution is -2.57. The molecule has 1 saturated carbocycles. The molecular formula is C16H23F2N. The highest BCUT2D eigenvalue weighted by atomic mass is 19.1. The van der Waals surface area contributed by atoms with E-state index in [1.54, 1.807) is 6.07 Å². The number of hydrogen-bond donors (Lipinski definition) is 1. The zero-order valence-corrected chi connectivity index (χ0v) is 12.0. The molecule has 3 unspecified atom stereocenters. The van der Waals surface area contributed by atoms with E-state index >= 15 is 0 Å². The molecule has 3 atom stereocenters. The lowest BCUT2D eigenvalue weighted by atomic mass is 9.54. The zero-order chi connectivity index (χ0) is 14.0. The predicted molar refractivity (Wildman–Crippen MR) is 74.2 cm³/mol. The van der Waals surface area contributed by atoms with E-state index in [-0.39, 0.29) is 11.3 Å². The van der Waals surface area contributed by atoms with E-state index in [0.717, 1.165) is 31.9 Å². The average Bonchev–Trinajstić information content (AvgIpc) is 2.38. The molecule has 0 aromatic heterocycles. The largest absolute Gasteiger partial charge is 0.313 e. The zero-order valence-electron chi connectivity index (χ0n) is 12.0. The van der Waals surface area contributed by atoms with E-state index in [2.05, 4.69) is 26.1 Å². The third-order valence-electron chi connectivity index (χ3n) is 4.80. The molecule has 1 aliphatic carbocycles. The quantitative estimate of drug-likeness (QED) is 0.841. The summed E-state index contributed by atoms with van der Waals surface area (Å²) in [7, 11) is 0. The van der Waals surface area contributed by atoms with Crippen LogP contribution in [0.25, 0.3) is 0 Å². The highest BCUT2D eigenvalue weighted by Gasteiger charge is 2.51. The van der Waals surface area contributed by atoms with Crippen LogP contribution >= 0.6 is 0 Å². The van der Waals surface area contributed by atoms with Crippen LogP contribution in [0.2, 0.25) is 0 Å². The van der Waals surface area contributed by atoms with Gasteiger partial charge in [0, 0.05) is 12.1 Å². The summed E-state index contributed by atoms with van der Waals surface area (Å²) < 4.78 is 26.9. The van der Waals surface area contributed by atoms with Crippen LogP contribution in [0, 0.1) is 17.0 Å². The van der Waals surface area contributed by atoms with Crippen LogP contribution in [0.15, 0.2) is 18.2 Å². The van der Waals surface area contributed by atoms with Gasteiger partial charge in [-0.1, -0.05) is 26.8 Å². The van der Waals surface area contributed by atoms with E-state index in [9.17, 15) is 8.78 Å². The van der Waals surface area contributed by atoms with Gasteiger partial charge in [0.1, 0.15) is 11.6 Å². The van der Waals surface area contributed by atoms with Crippen LogP contribution in [-0.4, -0.2) is 12.6 Å². The third kappa shape index (κ3) is 2.53. The van der Waals surface area contributed by atoms with Crippen LogP contribution < -0.4 is 5.32 Å². The Kier molecular flexibility index (Phi) is 4.24. The second kappa shape index (κ2) is 5.58. The first kappa shape index (κ1) is 14.4. The molecule has 0 bridgehead atoms. The summed E-state index contributed by atoms with van der Waals surface area (Å²) in [5.41, 5.74) is 0.730. The number of benzene rings is 1. The minimum Gasteiger partial charge on any atom is -0.313 e. The van der Waals surface area contributed by atoms with Gasteiger partial charge in [-0.25, -0.2) is 8.78 Å². The molecule has 0 amide bonds. The summed E-state index contributed by atoms with van der Waals surface area (Å²) in [4.78, 5) is 0. The Balaban J connectivity index is 2.18. The summed E-state index contributed by atoms with van der Waals surface area (Å²) in [6, 6.07) is 4.41. The van der Waals surface area contributed by atoms with Crippen molar-refractivity contribution in [2.45, 2.75) is 52.0 Å². The number of rotatable bonds is 5. The second-order valence-electron chi connectivity index (χ2n) is 5.82. The molecule has 19 heavy (non-hydrogen) atoms. The maximum absolute atomic E-state index is 13.9. The summed E-state index contributed by atoms with van der Waals surface area (Å²) in [5.74, 6) is -0.717. The van der Waals surface area contributed by atoms with Crippen LogP contribution in [0.1, 0.15) is 51.5 Å². The number of hydrogen-bond acceptors (Lipinski definition) is 1. The minimum atomic E-state index is -0.501. The molecule has 1 aromatic rings. The van der Waals surface area contributed by atoms with Gasteiger partial charge in [-0.2, -0.15) is 0 Å². The van der Waals surface area contributed by atoms with Crippen molar-refractivity contribution in [3.05, 3.63) is 35.4 Å². The van der Waals surface area contributed by atoms with Crippen molar-refractivity contribution in [2.24, 2.45) is 5.41 Å². The Labute approximate surface area is 114 Å². The molecule has 1 N–H and O–H groups in total. The van der Waals surface area contributed by atoms with E-state index < -0.39 is 11.6 Å². The van der Waals surface area contributed by atoms with Crippen LogP contribution in [0.4, 0.5) is 8.78 Å². The maximum Gasteiger partial charge on any atom is 0.129 e. The van der Waals surface area contributed by atoms with Crippen LogP contribution in [0.5, 0.6) is 0 Å². The van der Waals surface area contributed by atoms with E-state index in [1.165, 1.54) is 6.07 Å². The molecule has 2 rings (SSSR count). The lowest BCUT2D eigenvalue weighted by molar-refractivity contribution is 0.0425. The fourth-order valence-electron chi connectivity index (χ4n) is 3.25. The average molecular weight is 267 g/mol.